The van der Waals surface area contributed by atoms with Crippen LogP contribution in [0, 0.1) is 19.7 Å². The second-order valence-corrected chi connectivity index (χ2v) is 7.48. The van der Waals surface area contributed by atoms with E-state index in [0.717, 1.165) is 48.6 Å². The number of halogens is 2. The van der Waals surface area contributed by atoms with Crippen molar-refractivity contribution in [3.8, 4) is 5.69 Å². The molecule has 7 heteroatoms. The Morgan fingerprint density at radius 1 is 1.19 bits per heavy atom. The number of aryl methyl sites for hydroxylation is 1. The van der Waals surface area contributed by atoms with Gasteiger partial charge in [0.2, 0.25) is 5.91 Å². The van der Waals surface area contributed by atoms with Crippen LogP contribution in [0.2, 0.25) is 0 Å². The first-order valence-corrected chi connectivity index (χ1v) is 9.36. The van der Waals surface area contributed by atoms with Gasteiger partial charge in [0, 0.05) is 36.4 Å². The molecule has 2 fully saturated rings. The molecular weight excluding hydrogens is 367 g/mol. The van der Waals surface area contributed by atoms with Gasteiger partial charge >= 0.3 is 0 Å². The van der Waals surface area contributed by atoms with Crippen molar-refractivity contribution in [1.82, 2.24) is 20.0 Å². The Kier molecular flexibility index (Phi) is 5.86. The molecule has 0 radical (unpaired) electrons. The molecule has 1 aromatic heterocycles. The van der Waals surface area contributed by atoms with Crippen molar-refractivity contribution in [2.75, 3.05) is 13.1 Å². The van der Waals surface area contributed by atoms with Gasteiger partial charge in [0.05, 0.1) is 17.8 Å². The number of carbonyl (C=O) groups is 1. The van der Waals surface area contributed by atoms with Gasteiger partial charge in [-0.05, 0) is 57.4 Å². The number of amides is 1. The molecule has 146 valence electrons. The fraction of sp³-hybridized carbons (Fsp3) is 0.500. The van der Waals surface area contributed by atoms with Gasteiger partial charge in [-0.15, -0.1) is 12.4 Å². The minimum Gasteiger partial charge on any atom is -0.341 e. The predicted octanol–water partition coefficient (Wildman–Crippen LogP) is 2.95. The number of nitrogens with one attached hydrogen (secondary N) is 1. The van der Waals surface area contributed by atoms with Crippen molar-refractivity contribution < 1.29 is 9.18 Å². The summed E-state index contributed by atoms with van der Waals surface area (Å²) < 4.78 is 15.0. The molecule has 4 rings (SSSR count). The number of fused-ring (bicyclic) bond motifs is 2. The molecule has 2 aromatic rings. The zero-order chi connectivity index (χ0) is 18.3. The lowest BCUT2D eigenvalue weighted by molar-refractivity contribution is -0.130. The van der Waals surface area contributed by atoms with Crippen molar-refractivity contribution in [2.45, 2.75) is 51.6 Å². The fourth-order valence-electron chi connectivity index (χ4n) is 4.20. The predicted molar refractivity (Wildman–Crippen MR) is 105 cm³/mol. The van der Waals surface area contributed by atoms with E-state index in [-0.39, 0.29) is 24.1 Å². The van der Waals surface area contributed by atoms with Gasteiger partial charge in [-0.1, -0.05) is 0 Å². The maximum absolute atomic E-state index is 13.2. The quantitative estimate of drug-likeness (QED) is 0.873. The third-order valence-electron chi connectivity index (χ3n) is 5.72. The Bertz CT molecular complexity index is 820. The van der Waals surface area contributed by atoms with E-state index in [1.54, 1.807) is 16.8 Å². The number of rotatable bonds is 3. The summed E-state index contributed by atoms with van der Waals surface area (Å²) in [5, 5.41) is 8.19. The molecule has 2 unspecified atom stereocenters. The zero-order valence-corrected chi connectivity index (χ0v) is 16.6. The van der Waals surface area contributed by atoms with Crippen LogP contribution in [0.1, 0.15) is 36.2 Å². The first-order chi connectivity index (χ1) is 12.5. The standard InChI is InChI=1S/C20H25FN4O.ClH/c1-13-19(14(2)25(23-13)18-7-3-15(21)4-8-18)11-20(26)24-10-9-16-5-6-17(12-24)22-16;/h3-4,7-8,16-17,22H,5-6,9-12H2,1-2H3;1H. The Balaban J connectivity index is 0.00000210. The van der Waals surface area contributed by atoms with Crippen LogP contribution in [0.25, 0.3) is 5.69 Å². The molecule has 2 bridgehead atoms. The molecule has 27 heavy (non-hydrogen) atoms. The third kappa shape index (κ3) is 4.01. The monoisotopic (exact) mass is 392 g/mol. The van der Waals surface area contributed by atoms with E-state index in [4.69, 9.17) is 0 Å². The summed E-state index contributed by atoms with van der Waals surface area (Å²) in [4.78, 5) is 14.9. The lowest BCUT2D eigenvalue weighted by Gasteiger charge is -2.24. The van der Waals surface area contributed by atoms with Gasteiger partial charge in [0.25, 0.3) is 0 Å². The summed E-state index contributed by atoms with van der Waals surface area (Å²) in [6.45, 7) is 5.54. The van der Waals surface area contributed by atoms with Crippen LogP contribution in [0.3, 0.4) is 0 Å². The molecule has 3 heterocycles. The normalized spacial score (nSPS) is 21.7. The number of carbonyl (C=O) groups excluding carboxylic acids is 1. The highest BCUT2D eigenvalue weighted by Crippen LogP contribution is 2.23. The van der Waals surface area contributed by atoms with E-state index in [2.05, 4.69) is 10.4 Å². The Hall–Kier alpha value is -1.92. The zero-order valence-electron chi connectivity index (χ0n) is 15.7. The van der Waals surface area contributed by atoms with Crippen LogP contribution < -0.4 is 5.32 Å². The molecule has 1 N–H and O–H groups in total. The molecule has 0 spiro atoms. The number of likely N-dealkylation sites (tertiary alicyclic amines) is 1. The summed E-state index contributed by atoms with van der Waals surface area (Å²) in [7, 11) is 0. The SMILES string of the molecule is Cc1nn(-c2ccc(F)cc2)c(C)c1CC(=O)N1CCC2CCC(C1)N2.Cl. The van der Waals surface area contributed by atoms with E-state index in [1.165, 1.54) is 18.6 Å². The van der Waals surface area contributed by atoms with Gasteiger partial charge in [0.1, 0.15) is 5.82 Å². The third-order valence-corrected chi connectivity index (χ3v) is 5.72. The van der Waals surface area contributed by atoms with Crippen LogP contribution in [-0.2, 0) is 11.2 Å². The van der Waals surface area contributed by atoms with Gasteiger partial charge in [0.15, 0.2) is 0 Å². The molecule has 2 aliphatic rings. The van der Waals surface area contributed by atoms with E-state index in [1.807, 2.05) is 18.7 Å². The number of hydrogen-bond donors (Lipinski definition) is 1. The van der Waals surface area contributed by atoms with Crippen LogP contribution in [0.15, 0.2) is 24.3 Å². The average molecular weight is 393 g/mol. The second kappa shape index (κ2) is 7.98. The Morgan fingerprint density at radius 3 is 2.63 bits per heavy atom. The molecular formula is C20H26ClFN4O. The molecule has 1 aromatic carbocycles. The largest absolute Gasteiger partial charge is 0.341 e. The van der Waals surface area contributed by atoms with E-state index in [9.17, 15) is 9.18 Å². The molecule has 0 aliphatic carbocycles. The van der Waals surface area contributed by atoms with Crippen molar-refractivity contribution >= 4 is 18.3 Å². The van der Waals surface area contributed by atoms with Crippen molar-refractivity contribution in [3.63, 3.8) is 0 Å². The average Bonchev–Trinajstić information content (AvgIpc) is 3.09. The second-order valence-electron chi connectivity index (χ2n) is 7.48. The van der Waals surface area contributed by atoms with Crippen molar-refractivity contribution in [2.24, 2.45) is 0 Å². The number of aromatic nitrogens is 2. The topological polar surface area (TPSA) is 50.2 Å². The number of benzene rings is 1. The smallest absolute Gasteiger partial charge is 0.227 e. The maximum Gasteiger partial charge on any atom is 0.227 e. The first-order valence-electron chi connectivity index (χ1n) is 9.36. The molecule has 2 aliphatic heterocycles. The number of nitrogens with zero attached hydrogens (tertiary/aromatic N) is 3. The lowest BCUT2D eigenvalue weighted by atomic mass is 10.1. The summed E-state index contributed by atoms with van der Waals surface area (Å²) in [5.41, 5.74) is 3.58. The molecule has 0 saturated carbocycles. The molecule has 2 atom stereocenters. The van der Waals surface area contributed by atoms with Crippen LogP contribution in [-0.4, -0.2) is 45.8 Å². The Morgan fingerprint density at radius 2 is 1.89 bits per heavy atom. The molecule has 2 saturated heterocycles. The van der Waals surface area contributed by atoms with Gasteiger partial charge in [-0.2, -0.15) is 5.10 Å². The minimum absolute atomic E-state index is 0. The molecule has 1 amide bonds. The van der Waals surface area contributed by atoms with E-state index in [0.29, 0.717) is 18.5 Å². The van der Waals surface area contributed by atoms with E-state index >= 15 is 0 Å². The fourth-order valence-corrected chi connectivity index (χ4v) is 4.20. The summed E-state index contributed by atoms with van der Waals surface area (Å²) in [6.07, 6.45) is 3.80. The van der Waals surface area contributed by atoms with Crippen molar-refractivity contribution in [3.05, 3.63) is 47.0 Å². The van der Waals surface area contributed by atoms with Crippen LogP contribution >= 0.6 is 12.4 Å². The van der Waals surface area contributed by atoms with Crippen LogP contribution in [0.5, 0.6) is 0 Å². The summed E-state index contributed by atoms with van der Waals surface area (Å²) in [6, 6.07) is 7.28. The maximum atomic E-state index is 13.2. The first kappa shape index (κ1) is 19.8. The summed E-state index contributed by atoms with van der Waals surface area (Å²) in [5.74, 6) is -0.0982. The minimum atomic E-state index is -0.269. The highest BCUT2D eigenvalue weighted by atomic mass is 35.5. The van der Waals surface area contributed by atoms with Gasteiger partial charge in [-0.25, -0.2) is 9.07 Å². The molecule has 5 nitrogen and oxygen atoms in total. The van der Waals surface area contributed by atoms with Crippen molar-refractivity contribution in [1.29, 1.82) is 0 Å². The Labute approximate surface area is 165 Å². The highest BCUT2D eigenvalue weighted by Gasteiger charge is 2.31. The highest BCUT2D eigenvalue weighted by molar-refractivity contribution is 5.85. The van der Waals surface area contributed by atoms with Crippen LogP contribution in [0.4, 0.5) is 4.39 Å². The van der Waals surface area contributed by atoms with E-state index < -0.39 is 0 Å². The lowest BCUT2D eigenvalue weighted by Crippen LogP contribution is -2.39. The van der Waals surface area contributed by atoms with Gasteiger partial charge in [-0.3, -0.25) is 4.79 Å². The summed E-state index contributed by atoms with van der Waals surface area (Å²) >= 11 is 0. The van der Waals surface area contributed by atoms with Gasteiger partial charge < -0.3 is 10.2 Å². The number of hydrogen-bond acceptors (Lipinski definition) is 3.